The topological polar surface area (TPSA) is 35.0 Å². The molecule has 0 unspecified atom stereocenters. The molecule has 0 spiro atoms. The van der Waals surface area contributed by atoms with Crippen LogP contribution in [0.1, 0.15) is 27.7 Å². The van der Waals surface area contributed by atoms with Crippen molar-refractivity contribution in [2.75, 3.05) is 0 Å². The summed E-state index contributed by atoms with van der Waals surface area (Å²) >= 11 is 0. The maximum Gasteiger partial charge on any atom is -0.0178 e. The lowest BCUT2D eigenvalue weighted by molar-refractivity contribution is 0.506. The maximum atomic E-state index is 3.83. The largest absolute Gasteiger partial charge is 0.344 e. The first-order chi connectivity index (χ1) is 2.94. The van der Waals surface area contributed by atoms with Gasteiger partial charge in [-0.05, 0) is 12.3 Å². The molecular weight excluding hydrogens is 98.1 g/mol. The highest BCUT2D eigenvalue weighted by atomic mass is 14.1. The van der Waals surface area contributed by atoms with Gasteiger partial charge in [0.2, 0.25) is 0 Å². The molecule has 0 aromatic heterocycles. The average molecular weight is 115 g/mol. The van der Waals surface area contributed by atoms with Crippen LogP contribution in [0.15, 0.2) is 12.2 Å². The zero-order valence-electron chi connectivity index (χ0n) is 6.41. The summed E-state index contributed by atoms with van der Waals surface area (Å²) in [6.07, 6.45) is 0. The highest BCUT2D eigenvalue weighted by Crippen LogP contribution is 2.21. The molecule has 3 N–H and O–H groups in total. The van der Waals surface area contributed by atoms with E-state index in [0.717, 1.165) is 0 Å². The summed E-state index contributed by atoms with van der Waals surface area (Å²) < 4.78 is 0. The minimum Gasteiger partial charge on any atom is -0.344 e. The molecule has 8 heavy (non-hydrogen) atoms. The lowest BCUT2D eigenvalue weighted by Gasteiger charge is -2.16. The van der Waals surface area contributed by atoms with E-state index in [1.807, 2.05) is 0 Å². The molecular formula is C7H17N. The van der Waals surface area contributed by atoms with Crippen molar-refractivity contribution in [3.63, 3.8) is 0 Å². The summed E-state index contributed by atoms with van der Waals surface area (Å²) in [5.74, 6) is 0. The molecule has 0 aliphatic heterocycles. The molecule has 0 bridgehead atoms. The molecule has 0 atom stereocenters. The van der Waals surface area contributed by atoms with Gasteiger partial charge >= 0.3 is 0 Å². The Morgan fingerprint density at radius 3 is 1.38 bits per heavy atom. The van der Waals surface area contributed by atoms with Crippen LogP contribution in [0.25, 0.3) is 0 Å². The van der Waals surface area contributed by atoms with Crippen molar-refractivity contribution < 1.29 is 0 Å². The van der Waals surface area contributed by atoms with Crippen LogP contribution >= 0.6 is 0 Å². The van der Waals surface area contributed by atoms with Gasteiger partial charge in [0.25, 0.3) is 0 Å². The Morgan fingerprint density at radius 1 is 1.25 bits per heavy atom. The lowest BCUT2D eigenvalue weighted by Crippen LogP contribution is -2.04. The van der Waals surface area contributed by atoms with Crippen LogP contribution in [0.3, 0.4) is 0 Å². The van der Waals surface area contributed by atoms with E-state index < -0.39 is 0 Å². The molecule has 0 aromatic carbocycles. The van der Waals surface area contributed by atoms with Crippen LogP contribution in [-0.4, -0.2) is 0 Å². The van der Waals surface area contributed by atoms with Crippen molar-refractivity contribution in [1.82, 2.24) is 6.15 Å². The molecule has 1 heteroatoms. The fraction of sp³-hybridized carbons (Fsp3) is 0.714. The summed E-state index contributed by atoms with van der Waals surface area (Å²) in [6, 6.07) is 0. The molecule has 0 aliphatic carbocycles. The average Bonchev–Trinajstić information content (AvgIpc) is 1.31. The van der Waals surface area contributed by atoms with Gasteiger partial charge in [-0.2, -0.15) is 0 Å². The first-order valence-corrected chi connectivity index (χ1v) is 2.60. The van der Waals surface area contributed by atoms with Gasteiger partial charge in [0.05, 0.1) is 0 Å². The Hall–Kier alpha value is -0.300. The van der Waals surface area contributed by atoms with Crippen molar-refractivity contribution in [3.05, 3.63) is 12.2 Å². The van der Waals surface area contributed by atoms with Crippen molar-refractivity contribution in [1.29, 1.82) is 0 Å². The van der Waals surface area contributed by atoms with Crippen molar-refractivity contribution in [2.45, 2.75) is 27.7 Å². The van der Waals surface area contributed by atoms with E-state index in [4.69, 9.17) is 0 Å². The SMILES string of the molecule is C=C(C)C(C)(C)C.N. The van der Waals surface area contributed by atoms with E-state index in [0.29, 0.717) is 5.41 Å². The summed E-state index contributed by atoms with van der Waals surface area (Å²) in [7, 11) is 0. The van der Waals surface area contributed by atoms with Gasteiger partial charge in [-0.15, -0.1) is 0 Å². The third-order valence-electron chi connectivity index (χ3n) is 1.28. The Morgan fingerprint density at radius 2 is 1.38 bits per heavy atom. The molecule has 0 rings (SSSR count). The number of hydrogen-bond donors (Lipinski definition) is 1. The first-order valence-electron chi connectivity index (χ1n) is 2.60. The summed E-state index contributed by atoms with van der Waals surface area (Å²) in [5.41, 5.74) is 1.55. The fourth-order valence-electron chi connectivity index (χ4n) is 0. The molecule has 0 amide bonds. The van der Waals surface area contributed by atoms with Gasteiger partial charge in [0, 0.05) is 0 Å². The second kappa shape index (κ2) is 2.88. The third kappa shape index (κ3) is 3.88. The fourth-order valence-corrected chi connectivity index (χ4v) is 0. The van der Waals surface area contributed by atoms with Crippen molar-refractivity contribution in [2.24, 2.45) is 5.41 Å². The van der Waals surface area contributed by atoms with Crippen molar-refractivity contribution in [3.8, 4) is 0 Å². The molecule has 0 fully saturated rings. The summed E-state index contributed by atoms with van der Waals surface area (Å²) in [4.78, 5) is 0. The highest BCUT2D eigenvalue weighted by Gasteiger charge is 2.08. The zero-order chi connectivity index (χ0) is 6.08. The molecule has 0 heterocycles. The number of hydrogen-bond acceptors (Lipinski definition) is 1. The van der Waals surface area contributed by atoms with Crippen LogP contribution in [0.2, 0.25) is 0 Å². The Bertz CT molecular complexity index is 76.9. The maximum absolute atomic E-state index is 3.83. The van der Waals surface area contributed by atoms with Gasteiger partial charge in [-0.25, -0.2) is 0 Å². The van der Waals surface area contributed by atoms with Crippen LogP contribution in [0.5, 0.6) is 0 Å². The van der Waals surface area contributed by atoms with Gasteiger partial charge in [-0.3, -0.25) is 0 Å². The molecule has 1 nitrogen and oxygen atoms in total. The molecule has 0 saturated carbocycles. The Kier molecular flexibility index (Phi) is 3.82. The van der Waals surface area contributed by atoms with Crippen LogP contribution in [0, 0.1) is 5.41 Å². The smallest absolute Gasteiger partial charge is 0.0178 e. The lowest BCUT2D eigenvalue weighted by atomic mass is 9.89. The number of allylic oxidation sites excluding steroid dienone is 1. The molecule has 50 valence electrons. The zero-order valence-corrected chi connectivity index (χ0v) is 6.41. The predicted molar refractivity (Wildman–Crippen MR) is 39.3 cm³/mol. The molecule has 0 saturated heterocycles. The van der Waals surface area contributed by atoms with Crippen LogP contribution in [0.4, 0.5) is 0 Å². The van der Waals surface area contributed by atoms with Gasteiger partial charge in [0.15, 0.2) is 0 Å². The summed E-state index contributed by atoms with van der Waals surface area (Å²) in [5, 5.41) is 0. The number of rotatable bonds is 0. The van der Waals surface area contributed by atoms with Gasteiger partial charge in [-0.1, -0.05) is 32.9 Å². The quantitative estimate of drug-likeness (QED) is 0.484. The molecule has 0 radical (unpaired) electrons. The second-order valence-electron chi connectivity index (χ2n) is 3.03. The monoisotopic (exact) mass is 115 g/mol. The Labute approximate surface area is 52.4 Å². The van der Waals surface area contributed by atoms with E-state index in [1.54, 1.807) is 0 Å². The van der Waals surface area contributed by atoms with Crippen molar-refractivity contribution >= 4 is 0 Å². The first kappa shape index (κ1) is 10.6. The van der Waals surface area contributed by atoms with E-state index in [1.165, 1.54) is 5.57 Å². The predicted octanol–water partition coefficient (Wildman–Crippen LogP) is 2.77. The summed E-state index contributed by atoms with van der Waals surface area (Å²) in [6.45, 7) is 12.4. The standard InChI is InChI=1S/C7H14.H3N/c1-6(2)7(3,4)5;/h1H2,2-5H3;1H3. The van der Waals surface area contributed by atoms with Crippen LogP contribution in [-0.2, 0) is 0 Å². The van der Waals surface area contributed by atoms with Crippen LogP contribution < -0.4 is 6.15 Å². The van der Waals surface area contributed by atoms with Gasteiger partial charge < -0.3 is 6.15 Å². The minimum absolute atomic E-state index is 0. The van der Waals surface area contributed by atoms with E-state index >= 15 is 0 Å². The van der Waals surface area contributed by atoms with E-state index in [2.05, 4.69) is 34.3 Å². The van der Waals surface area contributed by atoms with E-state index in [9.17, 15) is 0 Å². The normalized spacial score (nSPS) is 10.0. The third-order valence-corrected chi connectivity index (χ3v) is 1.28. The van der Waals surface area contributed by atoms with Gasteiger partial charge in [0.1, 0.15) is 0 Å². The molecule has 0 aromatic rings. The Balaban J connectivity index is 0. The molecule has 0 aliphatic rings. The second-order valence-corrected chi connectivity index (χ2v) is 3.03. The minimum atomic E-state index is 0. The van der Waals surface area contributed by atoms with E-state index in [-0.39, 0.29) is 6.15 Å². The highest BCUT2D eigenvalue weighted by molar-refractivity contribution is 4.99.